The molecule has 0 spiro atoms. The first-order valence-electron chi connectivity index (χ1n) is 10.5. The van der Waals surface area contributed by atoms with Gasteiger partial charge in [-0.3, -0.25) is 4.18 Å². The summed E-state index contributed by atoms with van der Waals surface area (Å²) in [5, 5.41) is 0. The molecular weight excluding hydrogens is 396 g/mol. The summed E-state index contributed by atoms with van der Waals surface area (Å²) in [6.07, 6.45) is 15.0. The lowest BCUT2D eigenvalue weighted by Gasteiger charge is -2.11. The number of aryl methyl sites for hydroxylation is 1. The van der Waals surface area contributed by atoms with Gasteiger partial charge in [0.2, 0.25) is 16.7 Å². The highest BCUT2D eigenvalue weighted by atomic mass is 32.3. The van der Waals surface area contributed by atoms with Crippen molar-refractivity contribution >= 4 is 16.4 Å². The number of hydrogen-bond acceptors (Lipinski definition) is 6. The molecule has 1 heterocycles. The van der Waals surface area contributed by atoms with Gasteiger partial charge in [-0.25, -0.2) is 22.3 Å². The van der Waals surface area contributed by atoms with Crippen molar-refractivity contribution in [3.63, 3.8) is 0 Å². The summed E-state index contributed by atoms with van der Waals surface area (Å²) in [5.41, 5.74) is 0. The molecule has 0 aromatic carbocycles. The number of carbonyl (C=O) groups is 1. The molecule has 1 rings (SSSR count). The van der Waals surface area contributed by atoms with Crippen LogP contribution in [0.15, 0.2) is 18.7 Å². The number of nitrogens with zero attached hydrogens (tertiary/aromatic N) is 2. The van der Waals surface area contributed by atoms with Crippen LogP contribution in [-0.2, 0) is 37.7 Å². The summed E-state index contributed by atoms with van der Waals surface area (Å²) in [5.74, 6) is -0.167. The van der Waals surface area contributed by atoms with E-state index in [-0.39, 0.29) is 25.2 Å². The van der Waals surface area contributed by atoms with Crippen LogP contribution >= 0.6 is 0 Å². The van der Waals surface area contributed by atoms with Gasteiger partial charge in [-0.2, -0.15) is 0 Å². The van der Waals surface area contributed by atoms with Crippen molar-refractivity contribution in [2.24, 2.45) is 7.05 Å². The molecule has 9 heteroatoms. The maximum Gasteiger partial charge on any atom is 0.348 e. The molecule has 8 nitrogen and oxygen atoms in total. The van der Waals surface area contributed by atoms with E-state index in [1.165, 1.54) is 19.3 Å². The Kier molecular flexibility index (Phi) is 15.5. The van der Waals surface area contributed by atoms with Crippen LogP contribution < -0.4 is 4.57 Å². The Balaban J connectivity index is 0.000000555. The Bertz CT molecular complexity index is 645. The largest absolute Gasteiger partial charge is 0.726 e. The molecule has 29 heavy (non-hydrogen) atoms. The van der Waals surface area contributed by atoms with Crippen LogP contribution in [0.5, 0.6) is 0 Å². The third kappa shape index (κ3) is 18.3. The van der Waals surface area contributed by atoms with Gasteiger partial charge in [-0.05, 0) is 19.8 Å². The second-order valence-corrected chi connectivity index (χ2v) is 8.24. The highest BCUT2D eigenvalue weighted by Gasteiger charge is 2.12. The van der Waals surface area contributed by atoms with Crippen LogP contribution in [0, 0.1) is 0 Å². The zero-order valence-electron chi connectivity index (χ0n) is 18.3. The fourth-order valence-corrected chi connectivity index (χ4v) is 2.92. The van der Waals surface area contributed by atoms with Gasteiger partial charge in [0.15, 0.2) is 6.54 Å². The molecule has 0 unspecified atom stereocenters. The van der Waals surface area contributed by atoms with Crippen molar-refractivity contribution in [3.05, 3.63) is 18.7 Å². The second kappa shape index (κ2) is 16.4. The average Bonchev–Trinajstić information content (AvgIpc) is 3.03. The van der Waals surface area contributed by atoms with Gasteiger partial charge >= 0.3 is 5.97 Å². The van der Waals surface area contributed by atoms with Crippen LogP contribution in [0.4, 0.5) is 0 Å². The zero-order chi connectivity index (χ0) is 22.1. The average molecular weight is 435 g/mol. The fraction of sp³-hybridized carbons (Fsp3) is 0.800. The van der Waals surface area contributed by atoms with Crippen molar-refractivity contribution in [3.8, 4) is 0 Å². The minimum absolute atomic E-state index is 0.0248. The summed E-state index contributed by atoms with van der Waals surface area (Å²) >= 11 is 0. The molecule has 0 amide bonds. The summed E-state index contributed by atoms with van der Waals surface area (Å²) in [6.45, 7) is 6.53. The van der Waals surface area contributed by atoms with Crippen LogP contribution in [0.1, 0.15) is 78.6 Å². The lowest BCUT2D eigenvalue weighted by molar-refractivity contribution is -0.671. The van der Waals surface area contributed by atoms with Gasteiger partial charge < -0.3 is 9.29 Å². The van der Waals surface area contributed by atoms with Crippen LogP contribution in [-0.4, -0.2) is 36.2 Å². The van der Waals surface area contributed by atoms with Gasteiger partial charge in [-0.1, -0.05) is 58.8 Å². The molecule has 0 saturated carbocycles. The summed E-state index contributed by atoms with van der Waals surface area (Å²) in [4.78, 5) is 11.5. The minimum Gasteiger partial charge on any atom is -0.726 e. The monoisotopic (exact) mass is 434 g/mol. The molecule has 170 valence electrons. The number of unbranched alkanes of at least 4 members (excludes halogenated alkanes) is 6. The number of ether oxygens (including phenoxy) is 1. The standard InChI is InChI=1S/C12H21N2O2.C8H18O4S/c1-4-5-6-11(2)16-12(15)9-14-8-7-13(3)10-14;1-2-3-4-5-6-7-8-12-13(9,10)11/h7-8,10-11H,4-6,9H2,1-3H3;2-8H2,1H3,(H,9,10,11)/q+1;/p-1/t11-;/m1./s1. The van der Waals surface area contributed by atoms with Crippen molar-refractivity contribution in [1.29, 1.82) is 0 Å². The first-order chi connectivity index (χ1) is 13.7. The van der Waals surface area contributed by atoms with E-state index in [1.807, 2.05) is 41.8 Å². The quantitative estimate of drug-likeness (QED) is 0.146. The van der Waals surface area contributed by atoms with Gasteiger partial charge in [0.1, 0.15) is 12.4 Å². The molecule has 0 aliphatic rings. The van der Waals surface area contributed by atoms with E-state index in [2.05, 4.69) is 18.0 Å². The normalized spacial score (nSPS) is 12.2. The smallest absolute Gasteiger partial charge is 0.348 e. The van der Waals surface area contributed by atoms with Crippen molar-refractivity contribution in [2.45, 2.75) is 91.2 Å². The predicted octanol–water partition coefficient (Wildman–Crippen LogP) is 3.26. The topological polar surface area (TPSA) is 102 Å². The van der Waals surface area contributed by atoms with Gasteiger partial charge in [-0.15, -0.1) is 0 Å². The Hall–Kier alpha value is -1.45. The molecule has 0 aliphatic heterocycles. The zero-order valence-corrected chi connectivity index (χ0v) is 19.2. The fourth-order valence-electron chi connectivity index (χ4n) is 2.60. The summed E-state index contributed by atoms with van der Waals surface area (Å²) in [7, 11) is -2.55. The maximum absolute atomic E-state index is 11.5. The van der Waals surface area contributed by atoms with E-state index in [1.54, 1.807) is 0 Å². The molecule has 0 aliphatic carbocycles. The highest BCUT2D eigenvalue weighted by Crippen LogP contribution is 2.06. The Morgan fingerprint density at radius 2 is 1.72 bits per heavy atom. The molecule has 1 aromatic heterocycles. The highest BCUT2D eigenvalue weighted by molar-refractivity contribution is 7.80. The Morgan fingerprint density at radius 3 is 2.28 bits per heavy atom. The third-order valence-corrected chi connectivity index (χ3v) is 4.61. The first-order valence-corrected chi connectivity index (χ1v) is 11.8. The van der Waals surface area contributed by atoms with E-state index in [0.717, 1.165) is 32.1 Å². The van der Waals surface area contributed by atoms with Gasteiger partial charge in [0.05, 0.1) is 19.8 Å². The molecular formula is C20H38N2O6S. The van der Waals surface area contributed by atoms with E-state index >= 15 is 0 Å². The number of rotatable bonds is 14. The minimum atomic E-state index is -4.47. The summed E-state index contributed by atoms with van der Waals surface area (Å²) < 4.78 is 43.0. The first kappa shape index (κ1) is 27.5. The third-order valence-electron chi connectivity index (χ3n) is 4.16. The van der Waals surface area contributed by atoms with E-state index in [0.29, 0.717) is 6.42 Å². The van der Waals surface area contributed by atoms with E-state index in [9.17, 15) is 17.8 Å². The van der Waals surface area contributed by atoms with Gasteiger partial charge in [0, 0.05) is 0 Å². The molecule has 0 saturated heterocycles. The van der Waals surface area contributed by atoms with E-state index < -0.39 is 10.4 Å². The Labute approximate surface area is 176 Å². The maximum atomic E-state index is 11.5. The van der Waals surface area contributed by atoms with E-state index in [4.69, 9.17) is 4.74 Å². The number of aromatic nitrogens is 2. The molecule has 0 bridgehead atoms. The molecule has 1 aromatic rings. The number of hydrogen-bond donors (Lipinski definition) is 0. The SMILES string of the molecule is CCCCCCCCOS(=O)(=O)[O-].CCCC[C@@H](C)OC(=O)Cn1cc[n+](C)c1. The lowest BCUT2D eigenvalue weighted by atomic mass is 10.1. The van der Waals surface area contributed by atoms with Crippen LogP contribution in [0.3, 0.4) is 0 Å². The number of esters is 1. The predicted molar refractivity (Wildman–Crippen MR) is 110 cm³/mol. The Morgan fingerprint density at radius 1 is 1.10 bits per heavy atom. The van der Waals surface area contributed by atoms with Crippen molar-refractivity contribution in [1.82, 2.24) is 4.57 Å². The number of imidazole rings is 1. The van der Waals surface area contributed by atoms with Gasteiger partial charge in [0.25, 0.3) is 0 Å². The molecule has 0 N–H and O–H groups in total. The van der Waals surface area contributed by atoms with Crippen molar-refractivity contribution in [2.75, 3.05) is 6.61 Å². The lowest BCUT2D eigenvalue weighted by Crippen LogP contribution is -2.25. The molecule has 0 radical (unpaired) electrons. The van der Waals surface area contributed by atoms with Crippen LogP contribution in [0.2, 0.25) is 0 Å². The second-order valence-electron chi connectivity index (χ2n) is 7.19. The number of carbonyl (C=O) groups excluding carboxylic acids is 1. The molecule has 1 atom stereocenters. The molecule has 0 fully saturated rings. The summed E-state index contributed by atoms with van der Waals surface area (Å²) in [6, 6.07) is 0. The van der Waals surface area contributed by atoms with Crippen molar-refractivity contribution < 1.29 is 31.3 Å². The van der Waals surface area contributed by atoms with Crippen LogP contribution in [0.25, 0.3) is 0 Å².